The Labute approximate surface area is 137 Å². The van der Waals surface area contributed by atoms with Crippen LogP contribution in [0.15, 0.2) is 48.5 Å². The minimum atomic E-state index is -0.224. The molecule has 0 aromatic heterocycles. The van der Waals surface area contributed by atoms with Gasteiger partial charge in [0, 0.05) is 11.4 Å². The van der Waals surface area contributed by atoms with Crippen LogP contribution in [0.3, 0.4) is 0 Å². The van der Waals surface area contributed by atoms with E-state index in [4.69, 9.17) is 16.3 Å². The average Bonchev–Trinajstić information content (AvgIpc) is 2.46. The van der Waals surface area contributed by atoms with E-state index in [2.05, 4.69) is 20.8 Å². The normalized spacial score (nSPS) is 11.3. The summed E-state index contributed by atoms with van der Waals surface area (Å²) in [6.07, 6.45) is 0.999. The molecule has 0 heterocycles. The number of aryl methyl sites for hydroxylation is 1. The summed E-state index contributed by atoms with van der Waals surface area (Å²) in [7, 11) is 0. The zero-order valence-corrected chi connectivity index (χ0v) is 14.0. The number of ether oxygens (including phenoxy) is 1. The van der Waals surface area contributed by atoms with E-state index >= 15 is 0 Å². The Hall–Kier alpha value is -1.80. The van der Waals surface area contributed by atoms with Crippen LogP contribution in [0.25, 0.3) is 0 Å². The Kier molecular flexibility index (Phi) is 5.25. The first kappa shape index (κ1) is 16.6. The topological polar surface area (TPSA) is 26.3 Å². The molecule has 0 bridgehead atoms. The van der Waals surface area contributed by atoms with Crippen molar-refractivity contribution < 1.29 is 9.53 Å². The van der Waals surface area contributed by atoms with Crippen molar-refractivity contribution in [2.24, 2.45) is 0 Å². The molecule has 0 unspecified atom stereocenters. The third-order valence-electron chi connectivity index (χ3n) is 3.48. The van der Waals surface area contributed by atoms with Gasteiger partial charge in [0.25, 0.3) is 0 Å². The standard InChI is InChI=1S/C19H21ClO2/c1-19(2,3)15-7-11-17(12-8-15)22-18(21)13-6-14-4-9-16(20)10-5-14/h4-5,7-12H,6,13H2,1-3H3. The largest absolute Gasteiger partial charge is 0.427 e. The fraction of sp³-hybridized carbons (Fsp3) is 0.316. The average molecular weight is 317 g/mol. The molecular weight excluding hydrogens is 296 g/mol. The zero-order chi connectivity index (χ0) is 16.2. The third-order valence-corrected chi connectivity index (χ3v) is 3.74. The van der Waals surface area contributed by atoms with Gasteiger partial charge in [-0.05, 0) is 47.2 Å². The van der Waals surface area contributed by atoms with Crippen molar-refractivity contribution in [2.75, 3.05) is 0 Å². The number of halogens is 1. The molecule has 0 N–H and O–H groups in total. The molecule has 2 nitrogen and oxygen atoms in total. The molecule has 2 aromatic rings. The molecule has 0 aliphatic heterocycles. The van der Waals surface area contributed by atoms with Gasteiger partial charge >= 0.3 is 5.97 Å². The summed E-state index contributed by atoms with van der Waals surface area (Å²) in [6, 6.07) is 15.2. The number of carbonyl (C=O) groups is 1. The van der Waals surface area contributed by atoms with E-state index in [1.165, 1.54) is 5.56 Å². The van der Waals surface area contributed by atoms with E-state index in [1.807, 2.05) is 48.5 Å². The van der Waals surface area contributed by atoms with Gasteiger partial charge < -0.3 is 4.74 Å². The molecular formula is C19H21ClO2. The molecule has 0 fully saturated rings. The molecule has 2 aromatic carbocycles. The molecule has 0 spiro atoms. The lowest BCUT2D eigenvalue weighted by molar-refractivity contribution is -0.134. The predicted molar refractivity (Wildman–Crippen MR) is 90.6 cm³/mol. The summed E-state index contributed by atoms with van der Waals surface area (Å²) >= 11 is 5.83. The molecule has 0 saturated carbocycles. The monoisotopic (exact) mass is 316 g/mol. The maximum atomic E-state index is 11.9. The van der Waals surface area contributed by atoms with Crippen molar-refractivity contribution in [3.8, 4) is 5.75 Å². The highest BCUT2D eigenvalue weighted by atomic mass is 35.5. The van der Waals surface area contributed by atoms with E-state index in [0.717, 1.165) is 5.56 Å². The van der Waals surface area contributed by atoms with Crippen LogP contribution in [-0.4, -0.2) is 5.97 Å². The molecule has 0 atom stereocenters. The predicted octanol–water partition coefficient (Wildman–Crippen LogP) is 5.18. The van der Waals surface area contributed by atoms with Gasteiger partial charge in [0.2, 0.25) is 0 Å². The lowest BCUT2D eigenvalue weighted by atomic mass is 9.87. The van der Waals surface area contributed by atoms with Gasteiger partial charge in [0.05, 0.1) is 0 Å². The SMILES string of the molecule is CC(C)(C)c1ccc(OC(=O)CCc2ccc(Cl)cc2)cc1. The molecule has 0 radical (unpaired) electrons. The fourth-order valence-electron chi connectivity index (χ4n) is 2.10. The lowest BCUT2D eigenvalue weighted by Crippen LogP contribution is -2.12. The van der Waals surface area contributed by atoms with Gasteiger partial charge in [0.15, 0.2) is 0 Å². The summed E-state index contributed by atoms with van der Waals surface area (Å²) < 4.78 is 5.36. The highest BCUT2D eigenvalue weighted by Gasteiger charge is 2.13. The van der Waals surface area contributed by atoms with Crippen molar-refractivity contribution in [3.05, 3.63) is 64.7 Å². The van der Waals surface area contributed by atoms with Gasteiger partial charge in [-0.3, -0.25) is 4.79 Å². The molecule has 22 heavy (non-hydrogen) atoms. The molecule has 116 valence electrons. The van der Waals surface area contributed by atoms with E-state index in [0.29, 0.717) is 23.6 Å². The van der Waals surface area contributed by atoms with Gasteiger partial charge in [-0.2, -0.15) is 0 Å². The Morgan fingerprint density at radius 1 is 1.00 bits per heavy atom. The highest BCUT2D eigenvalue weighted by molar-refractivity contribution is 6.30. The van der Waals surface area contributed by atoms with Crippen LogP contribution in [0.5, 0.6) is 5.75 Å². The van der Waals surface area contributed by atoms with Gasteiger partial charge in [0.1, 0.15) is 5.75 Å². The number of benzene rings is 2. The lowest BCUT2D eigenvalue weighted by Gasteiger charge is -2.19. The van der Waals surface area contributed by atoms with Gasteiger partial charge in [-0.1, -0.05) is 56.6 Å². The highest BCUT2D eigenvalue weighted by Crippen LogP contribution is 2.24. The van der Waals surface area contributed by atoms with Crippen LogP contribution in [-0.2, 0) is 16.6 Å². The molecule has 0 aliphatic carbocycles. The molecule has 3 heteroatoms. The second kappa shape index (κ2) is 6.97. The van der Waals surface area contributed by atoms with E-state index in [9.17, 15) is 4.79 Å². The quantitative estimate of drug-likeness (QED) is 0.574. The zero-order valence-electron chi connectivity index (χ0n) is 13.2. The first-order valence-corrected chi connectivity index (χ1v) is 7.78. The Balaban J connectivity index is 1.88. The van der Waals surface area contributed by atoms with Crippen LogP contribution >= 0.6 is 11.6 Å². The minimum Gasteiger partial charge on any atom is -0.427 e. The van der Waals surface area contributed by atoms with Crippen LogP contribution < -0.4 is 4.74 Å². The molecule has 0 saturated heterocycles. The third kappa shape index (κ3) is 4.88. The Morgan fingerprint density at radius 2 is 1.59 bits per heavy atom. The first-order chi connectivity index (χ1) is 10.3. The van der Waals surface area contributed by atoms with Crippen molar-refractivity contribution >= 4 is 17.6 Å². The second-order valence-electron chi connectivity index (χ2n) is 6.37. The van der Waals surface area contributed by atoms with Gasteiger partial charge in [-0.25, -0.2) is 0 Å². The first-order valence-electron chi connectivity index (χ1n) is 7.40. The Morgan fingerprint density at radius 3 is 2.14 bits per heavy atom. The summed E-state index contributed by atoms with van der Waals surface area (Å²) in [6.45, 7) is 6.46. The number of hydrogen-bond donors (Lipinski definition) is 0. The maximum absolute atomic E-state index is 11.9. The van der Waals surface area contributed by atoms with E-state index in [1.54, 1.807) is 0 Å². The number of esters is 1. The van der Waals surface area contributed by atoms with Crippen molar-refractivity contribution in [1.82, 2.24) is 0 Å². The number of rotatable bonds is 4. The summed E-state index contributed by atoms with van der Waals surface area (Å²) in [4.78, 5) is 11.9. The number of hydrogen-bond acceptors (Lipinski definition) is 2. The smallest absolute Gasteiger partial charge is 0.311 e. The van der Waals surface area contributed by atoms with Crippen LogP contribution in [0.1, 0.15) is 38.3 Å². The molecule has 0 amide bonds. The van der Waals surface area contributed by atoms with Crippen molar-refractivity contribution in [2.45, 2.75) is 39.0 Å². The Bertz CT molecular complexity index is 622. The summed E-state index contributed by atoms with van der Waals surface area (Å²) in [5.74, 6) is 0.368. The van der Waals surface area contributed by atoms with Crippen LogP contribution in [0.4, 0.5) is 0 Å². The second-order valence-corrected chi connectivity index (χ2v) is 6.81. The summed E-state index contributed by atoms with van der Waals surface area (Å²) in [5, 5.41) is 0.699. The van der Waals surface area contributed by atoms with Crippen molar-refractivity contribution in [3.63, 3.8) is 0 Å². The summed E-state index contributed by atoms with van der Waals surface area (Å²) in [5.41, 5.74) is 2.38. The van der Waals surface area contributed by atoms with Crippen LogP contribution in [0, 0.1) is 0 Å². The molecule has 2 rings (SSSR count). The fourth-order valence-corrected chi connectivity index (χ4v) is 2.23. The minimum absolute atomic E-state index is 0.0944. The number of carbonyl (C=O) groups excluding carboxylic acids is 1. The molecule has 0 aliphatic rings. The van der Waals surface area contributed by atoms with E-state index in [-0.39, 0.29) is 11.4 Å². The maximum Gasteiger partial charge on any atom is 0.311 e. The van der Waals surface area contributed by atoms with Crippen LogP contribution in [0.2, 0.25) is 5.02 Å². The van der Waals surface area contributed by atoms with Crippen molar-refractivity contribution in [1.29, 1.82) is 0 Å². The van der Waals surface area contributed by atoms with E-state index < -0.39 is 0 Å². The van der Waals surface area contributed by atoms with Gasteiger partial charge in [-0.15, -0.1) is 0 Å².